The predicted molar refractivity (Wildman–Crippen MR) is 104 cm³/mol. The number of rotatable bonds is 4. The average Bonchev–Trinajstić information content (AvgIpc) is 2.64. The Morgan fingerprint density at radius 2 is 2.04 bits per heavy atom. The van der Waals surface area contributed by atoms with Gasteiger partial charge in [0, 0.05) is 16.1 Å². The van der Waals surface area contributed by atoms with Crippen LogP contribution in [0.25, 0.3) is 6.08 Å². The van der Waals surface area contributed by atoms with Crippen molar-refractivity contribution in [2.45, 2.75) is 0 Å². The fraction of sp³-hybridized carbons (Fsp3) is 0.158. The highest BCUT2D eigenvalue weighted by Gasteiger charge is 2.25. The number of ether oxygens (including phenoxy) is 2. The maximum atomic E-state index is 12.7. The van der Waals surface area contributed by atoms with Gasteiger partial charge < -0.3 is 14.8 Å². The van der Waals surface area contributed by atoms with Crippen LogP contribution in [0.3, 0.4) is 0 Å². The van der Waals surface area contributed by atoms with Crippen molar-refractivity contribution < 1.29 is 19.1 Å². The Labute approximate surface area is 159 Å². The molecular formula is C19H17BrN2O4. The fourth-order valence-electron chi connectivity index (χ4n) is 2.75. The molecule has 26 heavy (non-hydrogen) atoms. The normalized spacial score (nSPS) is 13.3. The summed E-state index contributed by atoms with van der Waals surface area (Å²) in [5, 5.41) is 2.77. The standard InChI is InChI=1S/C19H17BrN2O4/c1-25-16-5-3-4-12(19(16)26-2)6-9-18(24)22-11-17(23)21-14-10-13(20)7-8-15(14)22/h3-10H,11H2,1-2H3,(H,21,23)/b9-6+. The number of nitrogens with zero attached hydrogens (tertiary/aromatic N) is 1. The quantitative estimate of drug-likeness (QED) is 0.774. The average molecular weight is 417 g/mol. The highest BCUT2D eigenvalue weighted by Crippen LogP contribution is 2.33. The van der Waals surface area contributed by atoms with E-state index < -0.39 is 0 Å². The molecule has 2 amide bonds. The third-order valence-electron chi connectivity index (χ3n) is 3.93. The lowest BCUT2D eigenvalue weighted by Gasteiger charge is -2.28. The second kappa shape index (κ2) is 7.61. The maximum absolute atomic E-state index is 12.7. The molecular weight excluding hydrogens is 400 g/mol. The zero-order valence-electron chi connectivity index (χ0n) is 14.3. The number of nitrogens with one attached hydrogen (secondary N) is 1. The number of carbonyl (C=O) groups is 2. The Hall–Kier alpha value is -2.80. The Morgan fingerprint density at radius 3 is 2.77 bits per heavy atom. The van der Waals surface area contributed by atoms with Crippen LogP contribution in [0.2, 0.25) is 0 Å². The zero-order valence-corrected chi connectivity index (χ0v) is 15.9. The largest absolute Gasteiger partial charge is 0.493 e. The van der Waals surface area contributed by atoms with Gasteiger partial charge in [0.2, 0.25) is 5.91 Å². The van der Waals surface area contributed by atoms with Crippen LogP contribution in [0, 0.1) is 0 Å². The third kappa shape index (κ3) is 3.57. The number of halogens is 1. The van der Waals surface area contributed by atoms with Gasteiger partial charge in [-0.05, 0) is 30.3 Å². The highest BCUT2D eigenvalue weighted by molar-refractivity contribution is 9.10. The Bertz CT molecular complexity index is 895. The topological polar surface area (TPSA) is 67.9 Å². The lowest BCUT2D eigenvalue weighted by Crippen LogP contribution is -2.41. The van der Waals surface area contributed by atoms with Crippen molar-refractivity contribution in [3.63, 3.8) is 0 Å². The van der Waals surface area contributed by atoms with E-state index in [0.717, 1.165) is 4.47 Å². The molecule has 1 aliphatic heterocycles. The first kappa shape index (κ1) is 18.0. The van der Waals surface area contributed by atoms with Gasteiger partial charge in [0.25, 0.3) is 5.91 Å². The summed E-state index contributed by atoms with van der Waals surface area (Å²) in [7, 11) is 3.10. The number of amides is 2. The lowest BCUT2D eigenvalue weighted by molar-refractivity contribution is -0.119. The molecule has 0 bridgehead atoms. The molecule has 6 nitrogen and oxygen atoms in total. The Kier molecular flexibility index (Phi) is 5.27. The number of methoxy groups -OCH3 is 2. The molecule has 1 aliphatic rings. The summed E-state index contributed by atoms with van der Waals surface area (Å²) in [5.41, 5.74) is 1.95. The van der Waals surface area contributed by atoms with Crippen molar-refractivity contribution in [3.05, 3.63) is 52.5 Å². The molecule has 0 aromatic heterocycles. The first-order chi connectivity index (χ1) is 12.5. The Morgan fingerprint density at radius 1 is 1.23 bits per heavy atom. The number of carbonyl (C=O) groups excluding carboxylic acids is 2. The molecule has 1 heterocycles. The zero-order chi connectivity index (χ0) is 18.7. The van der Waals surface area contributed by atoms with E-state index in [1.165, 1.54) is 11.0 Å². The van der Waals surface area contributed by atoms with Crippen LogP contribution in [0.15, 0.2) is 46.9 Å². The van der Waals surface area contributed by atoms with Crippen molar-refractivity contribution >= 4 is 45.2 Å². The van der Waals surface area contributed by atoms with Gasteiger partial charge in [-0.1, -0.05) is 28.1 Å². The van der Waals surface area contributed by atoms with E-state index in [2.05, 4.69) is 21.2 Å². The van der Waals surface area contributed by atoms with Gasteiger partial charge in [-0.25, -0.2) is 0 Å². The van der Waals surface area contributed by atoms with E-state index in [1.54, 1.807) is 38.5 Å². The molecule has 0 aliphatic carbocycles. The molecule has 0 radical (unpaired) electrons. The van der Waals surface area contributed by atoms with E-state index in [9.17, 15) is 9.59 Å². The SMILES string of the molecule is COc1cccc(/C=C/C(=O)N2CC(=O)Nc3cc(Br)ccc32)c1OC. The molecule has 0 atom stereocenters. The van der Waals surface area contributed by atoms with E-state index in [0.29, 0.717) is 28.4 Å². The summed E-state index contributed by atoms with van der Waals surface area (Å²) in [4.78, 5) is 26.1. The van der Waals surface area contributed by atoms with E-state index in [-0.39, 0.29) is 18.4 Å². The summed E-state index contributed by atoms with van der Waals surface area (Å²) in [6, 6.07) is 10.8. The molecule has 7 heteroatoms. The molecule has 0 saturated heterocycles. The number of fused-ring (bicyclic) bond motifs is 1. The summed E-state index contributed by atoms with van der Waals surface area (Å²) in [6.07, 6.45) is 3.07. The van der Waals surface area contributed by atoms with Gasteiger partial charge in [-0.3, -0.25) is 14.5 Å². The van der Waals surface area contributed by atoms with Crippen molar-refractivity contribution in [3.8, 4) is 11.5 Å². The lowest BCUT2D eigenvalue weighted by atomic mass is 10.1. The van der Waals surface area contributed by atoms with Crippen molar-refractivity contribution in [2.75, 3.05) is 31.0 Å². The van der Waals surface area contributed by atoms with Gasteiger partial charge in [0.05, 0.1) is 25.6 Å². The van der Waals surface area contributed by atoms with Gasteiger partial charge >= 0.3 is 0 Å². The van der Waals surface area contributed by atoms with E-state index in [1.807, 2.05) is 18.2 Å². The van der Waals surface area contributed by atoms with Crippen LogP contribution in [0.5, 0.6) is 11.5 Å². The second-order valence-electron chi connectivity index (χ2n) is 5.55. The predicted octanol–water partition coefficient (Wildman–Crippen LogP) is 3.46. The van der Waals surface area contributed by atoms with Gasteiger partial charge in [-0.15, -0.1) is 0 Å². The summed E-state index contributed by atoms with van der Waals surface area (Å²) < 4.78 is 11.4. The fourth-order valence-corrected chi connectivity index (χ4v) is 3.11. The first-order valence-corrected chi connectivity index (χ1v) is 8.62. The first-order valence-electron chi connectivity index (χ1n) is 7.83. The molecule has 3 rings (SSSR count). The number of hydrogen-bond acceptors (Lipinski definition) is 4. The van der Waals surface area contributed by atoms with Crippen LogP contribution < -0.4 is 19.7 Å². The molecule has 134 valence electrons. The number of para-hydroxylation sites is 1. The minimum Gasteiger partial charge on any atom is -0.493 e. The molecule has 1 N–H and O–H groups in total. The van der Waals surface area contributed by atoms with Crippen molar-refractivity contribution in [1.82, 2.24) is 0 Å². The number of benzene rings is 2. The molecule has 2 aromatic rings. The minimum atomic E-state index is -0.298. The van der Waals surface area contributed by atoms with Crippen molar-refractivity contribution in [2.24, 2.45) is 0 Å². The monoisotopic (exact) mass is 416 g/mol. The molecule has 0 spiro atoms. The minimum absolute atomic E-state index is 0.0347. The number of anilines is 2. The molecule has 0 unspecified atom stereocenters. The van der Waals surface area contributed by atoms with Crippen molar-refractivity contribution in [1.29, 1.82) is 0 Å². The maximum Gasteiger partial charge on any atom is 0.251 e. The molecule has 2 aromatic carbocycles. The Balaban J connectivity index is 1.90. The smallest absolute Gasteiger partial charge is 0.251 e. The highest BCUT2D eigenvalue weighted by atomic mass is 79.9. The van der Waals surface area contributed by atoms with Gasteiger partial charge in [0.15, 0.2) is 11.5 Å². The summed E-state index contributed by atoms with van der Waals surface area (Å²) in [5.74, 6) is 0.582. The van der Waals surface area contributed by atoms with Crippen LogP contribution in [0.4, 0.5) is 11.4 Å². The summed E-state index contributed by atoms with van der Waals surface area (Å²) in [6.45, 7) is -0.0347. The third-order valence-corrected chi connectivity index (χ3v) is 4.42. The number of hydrogen-bond donors (Lipinski definition) is 1. The van der Waals surface area contributed by atoms with Crippen LogP contribution in [0.1, 0.15) is 5.56 Å². The van der Waals surface area contributed by atoms with Gasteiger partial charge in [0.1, 0.15) is 6.54 Å². The van der Waals surface area contributed by atoms with Gasteiger partial charge in [-0.2, -0.15) is 0 Å². The van der Waals surface area contributed by atoms with E-state index in [4.69, 9.17) is 9.47 Å². The van der Waals surface area contributed by atoms with Crippen LogP contribution >= 0.6 is 15.9 Å². The van der Waals surface area contributed by atoms with E-state index >= 15 is 0 Å². The van der Waals surface area contributed by atoms with Crippen LogP contribution in [-0.4, -0.2) is 32.6 Å². The van der Waals surface area contributed by atoms with Crippen LogP contribution in [-0.2, 0) is 9.59 Å². The second-order valence-corrected chi connectivity index (χ2v) is 6.47. The molecule has 0 saturated carbocycles. The molecule has 0 fully saturated rings. The summed E-state index contributed by atoms with van der Waals surface area (Å²) >= 11 is 3.36.